The molecule has 2 aromatic rings. The fourth-order valence-corrected chi connectivity index (χ4v) is 5.06. The molecule has 1 heterocycles. The number of nitriles is 1. The Morgan fingerprint density at radius 3 is 2.67 bits per heavy atom. The lowest BCUT2D eigenvalue weighted by Gasteiger charge is -2.28. The van der Waals surface area contributed by atoms with Crippen molar-refractivity contribution in [2.75, 3.05) is 26.9 Å². The zero-order chi connectivity index (χ0) is 29.2. The molecule has 0 aromatic heterocycles. The molecule has 2 aromatic carbocycles. The second-order valence-electron chi connectivity index (χ2n) is 8.04. The van der Waals surface area contributed by atoms with Crippen LogP contribution in [0.3, 0.4) is 0 Å². The van der Waals surface area contributed by atoms with Crippen molar-refractivity contribution in [2.45, 2.75) is 19.9 Å². The minimum atomic E-state index is -0.784. The van der Waals surface area contributed by atoms with Crippen molar-refractivity contribution in [3.63, 3.8) is 0 Å². The number of nitrogens with one attached hydrogen (secondary N) is 3. The topological polar surface area (TPSA) is 160 Å². The molecular weight excluding hydrogens is 654 g/mol. The van der Waals surface area contributed by atoms with Crippen LogP contribution in [0.25, 0.3) is 0 Å². The SMILES string of the molecule is CCOC(=O)C1=C(C)NC(=O)N[C@@H]1c1ccc(OCC(=O)N/N=C/c2cc(Br)cc(Br)c2OCC#N)c(OC)c1. The van der Waals surface area contributed by atoms with E-state index in [1.807, 2.05) is 6.07 Å². The molecule has 1 aliphatic heterocycles. The summed E-state index contributed by atoms with van der Waals surface area (Å²) in [6.07, 6.45) is 1.37. The average Bonchev–Trinajstić information content (AvgIpc) is 2.91. The van der Waals surface area contributed by atoms with Crippen molar-refractivity contribution < 1.29 is 33.3 Å². The van der Waals surface area contributed by atoms with Gasteiger partial charge >= 0.3 is 12.0 Å². The summed E-state index contributed by atoms with van der Waals surface area (Å²) in [4.78, 5) is 37.0. The quantitative estimate of drug-likeness (QED) is 0.184. The molecule has 0 saturated heterocycles. The molecule has 0 saturated carbocycles. The number of rotatable bonds is 11. The van der Waals surface area contributed by atoms with Gasteiger partial charge in [0, 0.05) is 15.7 Å². The third kappa shape index (κ3) is 7.73. The molecule has 3 amide bonds. The Balaban J connectivity index is 1.70. The molecule has 0 spiro atoms. The maximum absolute atomic E-state index is 12.6. The second-order valence-corrected chi connectivity index (χ2v) is 9.81. The minimum Gasteiger partial charge on any atom is -0.493 e. The molecule has 3 N–H and O–H groups in total. The number of amides is 3. The van der Waals surface area contributed by atoms with Crippen molar-refractivity contribution >= 4 is 56.0 Å². The number of allylic oxidation sites excluding steroid dienone is 1. The zero-order valence-electron chi connectivity index (χ0n) is 21.7. The summed E-state index contributed by atoms with van der Waals surface area (Å²) in [5.74, 6) is -0.185. The Kier molecular flexibility index (Phi) is 10.9. The number of nitrogens with zero attached hydrogens (tertiary/aromatic N) is 2. The van der Waals surface area contributed by atoms with Gasteiger partial charge in [-0.2, -0.15) is 10.4 Å². The van der Waals surface area contributed by atoms with E-state index in [9.17, 15) is 14.4 Å². The largest absolute Gasteiger partial charge is 0.493 e. The molecule has 0 fully saturated rings. The Labute approximate surface area is 246 Å². The normalized spacial score (nSPS) is 14.6. The number of hydrogen-bond acceptors (Lipinski definition) is 9. The van der Waals surface area contributed by atoms with Crippen LogP contribution in [0.2, 0.25) is 0 Å². The number of halogens is 2. The molecule has 1 atom stereocenters. The predicted molar refractivity (Wildman–Crippen MR) is 151 cm³/mol. The fourth-order valence-electron chi connectivity index (χ4n) is 3.69. The Morgan fingerprint density at radius 2 is 1.98 bits per heavy atom. The number of carbonyl (C=O) groups excluding carboxylic acids is 3. The van der Waals surface area contributed by atoms with Gasteiger partial charge in [-0.25, -0.2) is 15.0 Å². The van der Waals surface area contributed by atoms with E-state index in [1.54, 1.807) is 44.2 Å². The second kappa shape index (κ2) is 14.3. The highest BCUT2D eigenvalue weighted by Crippen LogP contribution is 2.35. The van der Waals surface area contributed by atoms with Crippen LogP contribution in [-0.4, -0.2) is 51.1 Å². The molecule has 12 nitrogen and oxygen atoms in total. The first-order valence-corrected chi connectivity index (χ1v) is 13.3. The third-order valence-corrected chi connectivity index (χ3v) is 6.40. The van der Waals surface area contributed by atoms with Crippen molar-refractivity contribution in [2.24, 2.45) is 5.10 Å². The van der Waals surface area contributed by atoms with Crippen LogP contribution in [-0.2, 0) is 14.3 Å². The Hall–Kier alpha value is -4.09. The lowest BCUT2D eigenvalue weighted by atomic mass is 9.95. The van der Waals surface area contributed by atoms with Gasteiger partial charge in [-0.3, -0.25) is 4.79 Å². The van der Waals surface area contributed by atoms with Crippen LogP contribution in [0.1, 0.15) is 31.0 Å². The zero-order valence-corrected chi connectivity index (χ0v) is 24.8. The summed E-state index contributed by atoms with van der Waals surface area (Å²) in [5.41, 5.74) is 4.07. The van der Waals surface area contributed by atoms with Crippen molar-refractivity contribution in [1.82, 2.24) is 16.1 Å². The van der Waals surface area contributed by atoms with Crippen LogP contribution in [0.4, 0.5) is 4.79 Å². The number of methoxy groups -OCH3 is 1. The van der Waals surface area contributed by atoms with Gasteiger partial charge in [-0.15, -0.1) is 0 Å². The van der Waals surface area contributed by atoms with Crippen LogP contribution in [0.5, 0.6) is 17.2 Å². The number of hydrogen-bond donors (Lipinski definition) is 3. The van der Waals surface area contributed by atoms with E-state index in [1.165, 1.54) is 13.3 Å². The molecule has 40 heavy (non-hydrogen) atoms. The Morgan fingerprint density at radius 1 is 1.20 bits per heavy atom. The monoisotopic (exact) mass is 677 g/mol. The van der Waals surface area contributed by atoms with Gasteiger partial charge in [0.1, 0.15) is 11.8 Å². The highest BCUT2D eigenvalue weighted by atomic mass is 79.9. The van der Waals surface area contributed by atoms with E-state index in [4.69, 9.17) is 24.2 Å². The molecular formula is C26H25Br2N5O7. The fraction of sp³-hybridized carbons (Fsp3) is 0.269. The first-order chi connectivity index (χ1) is 19.2. The molecule has 14 heteroatoms. The van der Waals surface area contributed by atoms with Gasteiger partial charge in [0.15, 0.2) is 24.7 Å². The lowest BCUT2D eigenvalue weighted by Crippen LogP contribution is -2.45. The summed E-state index contributed by atoms with van der Waals surface area (Å²) < 4.78 is 23.0. The third-order valence-electron chi connectivity index (χ3n) is 5.36. The van der Waals surface area contributed by atoms with E-state index < -0.39 is 23.9 Å². The van der Waals surface area contributed by atoms with Gasteiger partial charge < -0.3 is 29.6 Å². The van der Waals surface area contributed by atoms with E-state index in [2.05, 4.69) is 53.0 Å². The lowest BCUT2D eigenvalue weighted by molar-refractivity contribution is -0.139. The minimum absolute atomic E-state index is 0.161. The number of carbonyl (C=O) groups is 3. The smallest absolute Gasteiger partial charge is 0.338 e. The van der Waals surface area contributed by atoms with E-state index in [0.717, 1.165) is 4.47 Å². The highest BCUT2D eigenvalue weighted by Gasteiger charge is 2.32. The van der Waals surface area contributed by atoms with Gasteiger partial charge in [-0.1, -0.05) is 22.0 Å². The van der Waals surface area contributed by atoms with E-state index in [-0.39, 0.29) is 36.9 Å². The van der Waals surface area contributed by atoms with Crippen LogP contribution >= 0.6 is 31.9 Å². The predicted octanol–water partition coefficient (Wildman–Crippen LogP) is 3.84. The van der Waals surface area contributed by atoms with Crippen molar-refractivity contribution in [3.05, 3.63) is 61.7 Å². The number of esters is 1. The molecule has 0 unspecified atom stereocenters. The van der Waals surface area contributed by atoms with E-state index >= 15 is 0 Å². The number of ether oxygens (including phenoxy) is 4. The number of benzene rings is 2. The van der Waals surface area contributed by atoms with Crippen LogP contribution in [0, 0.1) is 11.3 Å². The molecule has 1 aliphatic rings. The molecule has 0 radical (unpaired) electrons. The molecule has 0 aliphatic carbocycles. The maximum Gasteiger partial charge on any atom is 0.338 e. The van der Waals surface area contributed by atoms with Crippen LogP contribution in [0.15, 0.2) is 55.6 Å². The van der Waals surface area contributed by atoms with Gasteiger partial charge in [0.25, 0.3) is 5.91 Å². The maximum atomic E-state index is 12.6. The van der Waals surface area contributed by atoms with Gasteiger partial charge in [0.2, 0.25) is 0 Å². The highest BCUT2D eigenvalue weighted by molar-refractivity contribution is 9.11. The summed E-state index contributed by atoms with van der Waals surface area (Å²) >= 11 is 6.75. The van der Waals surface area contributed by atoms with Crippen molar-refractivity contribution in [1.29, 1.82) is 5.26 Å². The van der Waals surface area contributed by atoms with Crippen LogP contribution < -0.4 is 30.3 Å². The number of hydrazone groups is 1. The Bertz CT molecular complexity index is 1400. The summed E-state index contributed by atoms with van der Waals surface area (Å²) in [6.45, 7) is 2.94. The van der Waals surface area contributed by atoms with E-state index in [0.29, 0.717) is 27.0 Å². The molecule has 0 bridgehead atoms. The average molecular weight is 679 g/mol. The first-order valence-electron chi connectivity index (χ1n) is 11.7. The van der Waals surface area contributed by atoms with Crippen molar-refractivity contribution in [3.8, 4) is 23.3 Å². The summed E-state index contributed by atoms with van der Waals surface area (Å²) in [6, 6.07) is 8.92. The summed E-state index contributed by atoms with van der Waals surface area (Å²) in [7, 11) is 1.42. The number of urea groups is 1. The molecule has 3 rings (SSSR count). The molecule has 210 valence electrons. The standard InChI is InChI=1S/C26H25Br2N5O7/c1-4-38-25(35)22-14(2)31-26(36)32-23(22)15-5-6-19(20(10-15)37-3)40-13-21(34)33-30-12-16-9-17(27)11-18(28)24(16)39-8-7-29/h5-6,9-12,23H,4,8,13H2,1-3H3,(H,33,34)(H2,31,32,36)/b30-12+/t23-/m1/s1. The first kappa shape index (κ1) is 30.5. The van der Waals surface area contributed by atoms with Gasteiger partial charge in [-0.05, 0) is 59.6 Å². The van der Waals surface area contributed by atoms with Gasteiger partial charge in [0.05, 0.1) is 36.0 Å². The summed E-state index contributed by atoms with van der Waals surface area (Å²) in [5, 5.41) is 18.0.